The number of para-hydroxylation sites is 1. The molecule has 1 aromatic heterocycles. The van der Waals surface area contributed by atoms with E-state index in [1.165, 1.54) is 11.5 Å². The second-order valence-corrected chi connectivity index (χ2v) is 8.67. The summed E-state index contributed by atoms with van der Waals surface area (Å²) in [6.07, 6.45) is 2.41. The van der Waals surface area contributed by atoms with Crippen LogP contribution < -0.4 is 15.0 Å². The molecular formula is C20H24N4O3S. The topological polar surface area (TPSA) is 76.6 Å². The maximum atomic E-state index is 12.3. The van der Waals surface area contributed by atoms with E-state index < -0.39 is 0 Å². The van der Waals surface area contributed by atoms with Crippen molar-refractivity contribution < 1.29 is 14.3 Å². The lowest BCUT2D eigenvalue weighted by atomic mass is 9.73. The second-order valence-electron chi connectivity index (χ2n) is 7.94. The van der Waals surface area contributed by atoms with Crippen molar-refractivity contribution in [3.05, 3.63) is 36.2 Å². The van der Waals surface area contributed by atoms with Gasteiger partial charge in [-0.3, -0.25) is 4.79 Å². The summed E-state index contributed by atoms with van der Waals surface area (Å²) in [6.45, 7) is 4.40. The lowest BCUT2D eigenvalue weighted by molar-refractivity contribution is -0.123. The maximum absolute atomic E-state index is 12.3. The van der Waals surface area contributed by atoms with Crippen molar-refractivity contribution in [2.45, 2.75) is 31.5 Å². The van der Waals surface area contributed by atoms with Crippen LogP contribution in [-0.4, -0.2) is 53.2 Å². The number of carbonyl (C=O) groups is 1. The van der Waals surface area contributed by atoms with Gasteiger partial charge in [0, 0.05) is 43.0 Å². The number of ether oxygens (including phenoxy) is 2. The minimum atomic E-state index is -0.0877. The third kappa shape index (κ3) is 3.14. The Hall–Kier alpha value is -2.19. The first-order chi connectivity index (χ1) is 13.6. The molecule has 148 valence electrons. The first-order valence-electron chi connectivity index (χ1n) is 9.81. The van der Waals surface area contributed by atoms with Crippen LogP contribution >= 0.6 is 11.5 Å². The van der Waals surface area contributed by atoms with E-state index in [2.05, 4.69) is 19.6 Å². The molecule has 1 aromatic carbocycles. The van der Waals surface area contributed by atoms with Crippen LogP contribution in [0.1, 0.15) is 18.7 Å². The second kappa shape index (κ2) is 7.00. The Bertz CT molecular complexity index is 860. The Morgan fingerprint density at radius 2 is 2.29 bits per heavy atom. The Kier molecular flexibility index (Phi) is 4.47. The summed E-state index contributed by atoms with van der Waals surface area (Å²) in [7, 11) is 0. The van der Waals surface area contributed by atoms with Gasteiger partial charge in [-0.25, -0.2) is 4.98 Å². The monoisotopic (exact) mass is 400 g/mol. The number of anilines is 1. The van der Waals surface area contributed by atoms with E-state index in [9.17, 15) is 4.79 Å². The molecule has 0 aliphatic carbocycles. The summed E-state index contributed by atoms with van der Waals surface area (Å²) < 4.78 is 16.3. The molecule has 1 spiro atoms. The van der Waals surface area contributed by atoms with Gasteiger partial charge in [0.1, 0.15) is 11.6 Å². The van der Waals surface area contributed by atoms with Crippen molar-refractivity contribution in [2.24, 2.45) is 11.8 Å². The zero-order chi connectivity index (χ0) is 19.1. The molecule has 8 heteroatoms. The highest BCUT2D eigenvalue weighted by Gasteiger charge is 2.63. The van der Waals surface area contributed by atoms with Gasteiger partial charge in [-0.05, 0) is 31.9 Å². The first-order valence-corrected chi connectivity index (χ1v) is 10.6. The largest absolute Gasteiger partial charge is 0.484 e. The summed E-state index contributed by atoms with van der Waals surface area (Å²) in [5, 5.41) is 4.04. The predicted molar refractivity (Wildman–Crippen MR) is 106 cm³/mol. The van der Waals surface area contributed by atoms with Gasteiger partial charge in [-0.15, -0.1) is 0 Å². The fourth-order valence-electron chi connectivity index (χ4n) is 4.97. The first kappa shape index (κ1) is 17.9. The normalized spacial score (nSPS) is 30.5. The van der Waals surface area contributed by atoms with Crippen molar-refractivity contribution in [3.8, 4) is 5.75 Å². The van der Waals surface area contributed by atoms with E-state index in [4.69, 9.17) is 9.47 Å². The lowest BCUT2D eigenvalue weighted by Crippen LogP contribution is -2.42. The van der Waals surface area contributed by atoms with Crippen LogP contribution in [0.4, 0.5) is 5.13 Å². The van der Waals surface area contributed by atoms with Gasteiger partial charge in [0.15, 0.2) is 6.61 Å². The molecule has 3 saturated heterocycles. The summed E-state index contributed by atoms with van der Waals surface area (Å²) in [5.41, 5.74) is -0.0832. The van der Waals surface area contributed by atoms with Crippen LogP contribution in [0, 0.1) is 18.8 Å². The number of hydrogen-bond donors (Lipinski definition) is 1. The summed E-state index contributed by atoms with van der Waals surface area (Å²) in [4.78, 5) is 19.1. The number of aromatic nitrogens is 2. The highest BCUT2D eigenvalue weighted by Crippen LogP contribution is 2.55. The highest BCUT2D eigenvalue weighted by atomic mass is 32.1. The van der Waals surface area contributed by atoms with Crippen LogP contribution in [0.5, 0.6) is 5.75 Å². The van der Waals surface area contributed by atoms with E-state index in [-0.39, 0.29) is 24.2 Å². The molecule has 28 heavy (non-hydrogen) atoms. The molecule has 3 fully saturated rings. The van der Waals surface area contributed by atoms with Gasteiger partial charge in [-0.1, -0.05) is 18.2 Å². The third-order valence-corrected chi connectivity index (χ3v) is 7.09. The van der Waals surface area contributed by atoms with Crippen LogP contribution in [0.3, 0.4) is 0 Å². The minimum Gasteiger partial charge on any atom is -0.484 e. The van der Waals surface area contributed by atoms with Crippen molar-refractivity contribution >= 4 is 22.6 Å². The number of amides is 1. The minimum absolute atomic E-state index is 0.0360. The molecule has 5 rings (SSSR count). The number of aryl methyl sites for hydroxylation is 1. The number of nitrogens with zero attached hydrogens (tertiary/aromatic N) is 3. The fourth-order valence-corrected chi connectivity index (χ4v) is 5.65. The molecule has 2 aromatic rings. The Morgan fingerprint density at radius 1 is 1.43 bits per heavy atom. The van der Waals surface area contributed by atoms with E-state index >= 15 is 0 Å². The smallest absolute Gasteiger partial charge is 0.257 e. The Morgan fingerprint density at radius 3 is 3.07 bits per heavy atom. The molecule has 3 aliphatic heterocycles. The molecule has 1 amide bonds. The number of carbonyl (C=O) groups excluding carboxylic acids is 1. The van der Waals surface area contributed by atoms with Gasteiger partial charge in [0.05, 0.1) is 11.7 Å². The summed E-state index contributed by atoms with van der Waals surface area (Å²) in [6, 6.07) is 9.41. The van der Waals surface area contributed by atoms with Gasteiger partial charge in [0.2, 0.25) is 5.13 Å². The number of rotatable bonds is 6. The van der Waals surface area contributed by atoms with Gasteiger partial charge < -0.3 is 19.7 Å². The quantitative estimate of drug-likeness (QED) is 0.800. The molecule has 7 nitrogen and oxygen atoms in total. The number of fused-ring (bicyclic) bond motifs is 1. The third-order valence-electron chi connectivity index (χ3n) is 6.22. The number of hydrogen-bond acceptors (Lipinski definition) is 7. The van der Waals surface area contributed by atoms with Crippen LogP contribution in [-0.2, 0) is 9.53 Å². The summed E-state index contributed by atoms with van der Waals surface area (Å²) in [5.74, 6) is 2.20. The highest BCUT2D eigenvalue weighted by molar-refractivity contribution is 7.09. The molecule has 2 bridgehead atoms. The van der Waals surface area contributed by atoms with E-state index in [1.54, 1.807) is 0 Å². The zero-order valence-corrected chi connectivity index (χ0v) is 16.7. The molecule has 0 saturated carbocycles. The molecule has 3 aliphatic rings. The standard InChI is InChI=1S/C20H24N4O3S/c1-13-22-19(28-23-13)24-10-16-15(17-7-8-20(16,12-24)27-17)9-21-18(25)11-26-14-5-3-2-4-6-14/h2-6,15-17H,7-12H2,1H3,(H,21,25)/t15-,16+,17+,20+/m0/s1. The zero-order valence-electron chi connectivity index (χ0n) is 15.8. The van der Waals surface area contributed by atoms with Crippen LogP contribution in [0.15, 0.2) is 30.3 Å². The fraction of sp³-hybridized carbons (Fsp3) is 0.550. The molecule has 4 heterocycles. The predicted octanol–water partition coefficient (Wildman–Crippen LogP) is 2.03. The molecule has 4 atom stereocenters. The Labute approximate surface area is 168 Å². The van der Waals surface area contributed by atoms with Crippen LogP contribution in [0.2, 0.25) is 0 Å². The van der Waals surface area contributed by atoms with Gasteiger partial charge in [-0.2, -0.15) is 4.37 Å². The van der Waals surface area contributed by atoms with E-state index in [0.29, 0.717) is 24.1 Å². The van der Waals surface area contributed by atoms with Crippen molar-refractivity contribution in [1.29, 1.82) is 0 Å². The lowest BCUT2D eigenvalue weighted by Gasteiger charge is -2.29. The van der Waals surface area contributed by atoms with Gasteiger partial charge >= 0.3 is 0 Å². The van der Waals surface area contributed by atoms with Crippen molar-refractivity contribution in [1.82, 2.24) is 14.7 Å². The molecule has 1 N–H and O–H groups in total. The SMILES string of the molecule is Cc1nsc(N2C[C@@H]3[C@H](CNC(=O)COc4ccccc4)[C@H]4CC[C@]3(C2)O4)n1. The average Bonchev–Trinajstić information content (AvgIpc) is 3.45. The van der Waals surface area contributed by atoms with Crippen molar-refractivity contribution in [2.75, 3.05) is 31.1 Å². The Balaban J connectivity index is 1.19. The van der Waals surface area contributed by atoms with E-state index in [0.717, 1.165) is 36.9 Å². The van der Waals surface area contributed by atoms with Crippen molar-refractivity contribution in [3.63, 3.8) is 0 Å². The molecular weight excluding hydrogens is 376 g/mol. The number of benzene rings is 1. The van der Waals surface area contributed by atoms with Crippen LogP contribution in [0.25, 0.3) is 0 Å². The molecule has 0 unspecified atom stereocenters. The van der Waals surface area contributed by atoms with E-state index in [1.807, 2.05) is 37.3 Å². The number of nitrogens with one attached hydrogen (secondary N) is 1. The average molecular weight is 401 g/mol. The maximum Gasteiger partial charge on any atom is 0.257 e. The van der Waals surface area contributed by atoms with Gasteiger partial charge in [0.25, 0.3) is 5.91 Å². The molecule has 0 radical (unpaired) electrons. The summed E-state index contributed by atoms with van der Waals surface area (Å²) >= 11 is 1.46.